The van der Waals surface area contributed by atoms with E-state index < -0.39 is 6.04 Å². The summed E-state index contributed by atoms with van der Waals surface area (Å²) in [5, 5.41) is 11.3. The molecule has 33 heavy (non-hydrogen) atoms. The number of carbonyl (C=O) groups excluding carboxylic acids is 2. The van der Waals surface area contributed by atoms with Gasteiger partial charge in [0.25, 0.3) is 5.91 Å². The molecule has 0 fully saturated rings. The van der Waals surface area contributed by atoms with Gasteiger partial charge >= 0.3 is 0 Å². The maximum atomic E-state index is 13.3. The number of halogens is 1. The number of pyridine rings is 2. The van der Waals surface area contributed by atoms with E-state index in [1.165, 1.54) is 30.1 Å². The molecule has 0 saturated carbocycles. The number of fused-ring (bicyclic) bond motifs is 1. The van der Waals surface area contributed by atoms with Gasteiger partial charge in [0.2, 0.25) is 5.91 Å². The van der Waals surface area contributed by atoms with Gasteiger partial charge in [0.05, 0.1) is 46.6 Å². The highest BCUT2D eigenvalue weighted by atomic mass is 32.2. The van der Waals surface area contributed by atoms with Gasteiger partial charge in [0.15, 0.2) is 0 Å². The normalized spacial score (nSPS) is 11.8. The lowest BCUT2D eigenvalue weighted by atomic mass is 10.0. The molecule has 1 unspecified atom stereocenters. The number of benzene rings is 1. The van der Waals surface area contributed by atoms with Crippen molar-refractivity contribution in [3.05, 3.63) is 78.1 Å². The number of hydrogen-bond acceptors (Lipinski definition) is 6. The molecular formula is C23H21FN6O2S. The summed E-state index contributed by atoms with van der Waals surface area (Å²) in [6.07, 6.45) is 8.26. The number of aromatic nitrogens is 4. The van der Waals surface area contributed by atoms with E-state index in [1.807, 2.05) is 12.3 Å². The highest BCUT2D eigenvalue weighted by molar-refractivity contribution is 7.98. The van der Waals surface area contributed by atoms with Crippen LogP contribution in [0.4, 0.5) is 4.39 Å². The van der Waals surface area contributed by atoms with Crippen molar-refractivity contribution in [2.45, 2.75) is 17.5 Å². The van der Waals surface area contributed by atoms with Crippen molar-refractivity contribution < 1.29 is 14.0 Å². The molecule has 8 nitrogen and oxygen atoms in total. The highest BCUT2D eigenvalue weighted by Crippen LogP contribution is 2.24. The third-order valence-corrected chi connectivity index (χ3v) is 5.80. The van der Waals surface area contributed by atoms with Crippen molar-refractivity contribution in [2.24, 2.45) is 0 Å². The summed E-state index contributed by atoms with van der Waals surface area (Å²) in [6.45, 7) is 0. The standard InChI is InChI=1S/C23H21FN6O2S/c1-25-21(31)10-19(14-7-8-27-22(9-14)33-2)29-23(32)18-11-26-13-20-17(18)12-28-30(20)16-5-3-15(24)4-6-16/h3-9,11-13,19H,10H2,1-2H3,(H,25,31)(H,29,32). The Morgan fingerprint density at radius 1 is 1.15 bits per heavy atom. The van der Waals surface area contributed by atoms with Crippen molar-refractivity contribution >= 4 is 34.5 Å². The molecule has 3 aromatic heterocycles. The predicted molar refractivity (Wildman–Crippen MR) is 124 cm³/mol. The molecule has 168 valence electrons. The van der Waals surface area contributed by atoms with Gasteiger partial charge in [0, 0.05) is 24.8 Å². The first-order valence-corrected chi connectivity index (χ1v) is 11.3. The number of nitrogens with one attached hydrogen (secondary N) is 2. The lowest BCUT2D eigenvalue weighted by molar-refractivity contribution is -0.121. The fourth-order valence-corrected chi connectivity index (χ4v) is 3.86. The SMILES string of the molecule is CNC(=O)CC(NC(=O)c1cncc2c1cnn2-c1ccc(F)cc1)c1ccnc(SC)c1. The first kappa shape index (κ1) is 22.4. The number of nitrogens with zero attached hydrogens (tertiary/aromatic N) is 4. The van der Waals surface area contributed by atoms with Crippen molar-refractivity contribution in [2.75, 3.05) is 13.3 Å². The van der Waals surface area contributed by atoms with E-state index in [0.29, 0.717) is 22.2 Å². The molecule has 0 bridgehead atoms. The third-order valence-electron chi connectivity index (χ3n) is 5.16. The minimum atomic E-state index is -0.561. The number of amides is 2. The minimum Gasteiger partial charge on any atom is -0.359 e. The van der Waals surface area contributed by atoms with Crippen LogP contribution in [-0.4, -0.2) is 44.9 Å². The summed E-state index contributed by atoms with van der Waals surface area (Å²) in [4.78, 5) is 33.9. The van der Waals surface area contributed by atoms with Crippen LogP contribution in [-0.2, 0) is 4.79 Å². The van der Waals surface area contributed by atoms with E-state index in [2.05, 4.69) is 25.7 Å². The van der Waals surface area contributed by atoms with E-state index in [0.717, 1.165) is 10.6 Å². The zero-order chi connectivity index (χ0) is 23.4. The van der Waals surface area contributed by atoms with E-state index in [1.54, 1.807) is 48.5 Å². The molecule has 0 aliphatic rings. The summed E-state index contributed by atoms with van der Waals surface area (Å²) in [6, 6.07) is 8.94. The summed E-state index contributed by atoms with van der Waals surface area (Å²) in [7, 11) is 1.55. The summed E-state index contributed by atoms with van der Waals surface area (Å²) in [5.74, 6) is -0.942. The summed E-state index contributed by atoms with van der Waals surface area (Å²) >= 11 is 1.47. The number of hydrogen-bond donors (Lipinski definition) is 2. The molecule has 1 atom stereocenters. The molecule has 4 aromatic rings. The Balaban J connectivity index is 1.67. The zero-order valence-electron chi connectivity index (χ0n) is 17.9. The molecule has 2 amide bonds. The van der Waals surface area contributed by atoms with Gasteiger partial charge in [-0.15, -0.1) is 11.8 Å². The van der Waals surface area contributed by atoms with Crippen molar-refractivity contribution in [3.63, 3.8) is 0 Å². The Morgan fingerprint density at radius 2 is 1.94 bits per heavy atom. The van der Waals surface area contributed by atoms with Crippen LogP contribution < -0.4 is 10.6 Å². The van der Waals surface area contributed by atoms with Gasteiger partial charge in [-0.1, -0.05) is 0 Å². The van der Waals surface area contributed by atoms with Gasteiger partial charge < -0.3 is 10.6 Å². The number of thioether (sulfide) groups is 1. The van der Waals surface area contributed by atoms with Gasteiger partial charge in [-0.2, -0.15) is 5.10 Å². The van der Waals surface area contributed by atoms with Crippen LogP contribution in [0.15, 0.2) is 66.2 Å². The number of rotatable bonds is 7. The Labute approximate surface area is 193 Å². The third kappa shape index (κ3) is 4.85. The fraction of sp³-hybridized carbons (Fsp3) is 0.174. The highest BCUT2D eigenvalue weighted by Gasteiger charge is 2.22. The maximum Gasteiger partial charge on any atom is 0.254 e. The second-order valence-electron chi connectivity index (χ2n) is 7.19. The minimum absolute atomic E-state index is 0.0678. The molecule has 0 aliphatic heterocycles. The fourth-order valence-electron chi connectivity index (χ4n) is 3.44. The largest absolute Gasteiger partial charge is 0.359 e. The van der Waals surface area contributed by atoms with Gasteiger partial charge in [-0.3, -0.25) is 14.6 Å². The molecule has 1 aromatic carbocycles. The van der Waals surface area contributed by atoms with Gasteiger partial charge in [-0.25, -0.2) is 14.1 Å². The lowest BCUT2D eigenvalue weighted by Crippen LogP contribution is -2.33. The van der Waals surface area contributed by atoms with Crippen LogP contribution in [0.25, 0.3) is 16.6 Å². The second-order valence-corrected chi connectivity index (χ2v) is 8.01. The van der Waals surface area contributed by atoms with Crippen LogP contribution >= 0.6 is 11.8 Å². The first-order valence-electron chi connectivity index (χ1n) is 10.1. The molecule has 0 spiro atoms. The number of carbonyl (C=O) groups is 2. The van der Waals surface area contributed by atoms with E-state index >= 15 is 0 Å². The van der Waals surface area contributed by atoms with E-state index in [-0.39, 0.29) is 24.1 Å². The smallest absolute Gasteiger partial charge is 0.254 e. The van der Waals surface area contributed by atoms with Crippen LogP contribution in [0.5, 0.6) is 0 Å². The second kappa shape index (κ2) is 9.78. The monoisotopic (exact) mass is 464 g/mol. The van der Waals surface area contributed by atoms with Crippen molar-refractivity contribution in [3.8, 4) is 5.69 Å². The Hall–Kier alpha value is -3.79. The predicted octanol–water partition coefficient (Wildman–Crippen LogP) is 3.28. The van der Waals surface area contributed by atoms with Crippen LogP contribution in [0.3, 0.4) is 0 Å². The quantitative estimate of drug-likeness (QED) is 0.407. The summed E-state index contributed by atoms with van der Waals surface area (Å²) in [5.41, 5.74) is 2.34. The summed E-state index contributed by atoms with van der Waals surface area (Å²) < 4.78 is 14.9. The maximum absolute atomic E-state index is 13.3. The lowest BCUT2D eigenvalue weighted by Gasteiger charge is -2.19. The van der Waals surface area contributed by atoms with Gasteiger partial charge in [-0.05, 0) is 48.2 Å². The first-order chi connectivity index (χ1) is 16.0. The topological polar surface area (TPSA) is 102 Å². The van der Waals surface area contributed by atoms with Crippen LogP contribution in [0.1, 0.15) is 28.4 Å². The van der Waals surface area contributed by atoms with Crippen LogP contribution in [0.2, 0.25) is 0 Å². The molecular weight excluding hydrogens is 443 g/mol. The van der Waals surface area contributed by atoms with Crippen molar-refractivity contribution in [1.82, 2.24) is 30.4 Å². The molecule has 10 heteroatoms. The van der Waals surface area contributed by atoms with E-state index in [9.17, 15) is 14.0 Å². The molecule has 0 aliphatic carbocycles. The zero-order valence-corrected chi connectivity index (χ0v) is 18.8. The molecule has 0 radical (unpaired) electrons. The average Bonchev–Trinajstić information content (AvgIpc) is 3.28. The Bertz CT molecular complexity index is 1310. The Morgan fingerprint density at radius 3 is 2.67 bits per heavy atom. The van der Waals surface area contributed by atoms with E-state index in [4.69, 9.17) is 0 Å². The van der Waals surface area contributed by atoms with Crippen LogP contribution in [0, 0.1) is 5.82 Å². The Kier molecular flexibility index (Phi) is 6.64. The molecule has 4 rings (SSSR count). The van der Waals surface area contributed by atoms with Crippen molar-refractivity contribution in [1.29, 1.82) is 0 Å². The van der Waals surface area contributed by atoms with Gasteiger partial charge in [0.1, 0.15) is 5.82 Å². The molecule has 0 saturated heterocycles. The molecule has 2 N–H and O–H groups in total. The molecule has 3 heterocycles. The average molecular weight is 465 g/mol.